The molecular weight excluding hydrogens is 334 g/mol. The lowest BCUT2D eigenvalue weighted by Gasteiger charge is -2.35. The maximum Gasteiger partial charge on any atom is 0.234 e. The van der Waals surface area contributed by atoms with Crippen LogP contribution in [0.4, 0.5) is 0 Å². The minimum Gasteiger partial charge on any atom is -0.390 e. The fourth-order valence-electron chi connectivity index (χ4n) is 4.90. The highest BCUT2D eigenvalue weighted by Crippen LogP contribution is 2.51. The first-order valence-electron chi connectivity index (χ1n) is 9.00. The highest BCUT2D eigenvalue weighted by atomic mass is 16.6. The van der Waals surface area contributed by atoms with Gasteiger partial charge >= 0.3 is 0 Å². The van der Waals surface area contributed by atoms with Crippen LogP contribution in [0.3, 0.4) is 0 Å². The van der Waals surface area contributed by atoms with Crippen molar-refractivity contribution in [1.29, 1.82) is 0 Å². The zero-order valence-electron chi connectivity index (χ0n) is 14.2. The van der Waals surface area contributed by atoms with E-state index < -0.39 is 36.1 Å². The molecule has 4 aliphatic rings. The minimum atomic E-state index is -0.916. The molecule has 2 aliphatic carbocycles. The summed E-state index contributed by atoms with van der Waals surface area (Å²) >= 11 is 0. The van der Waals surface area contributed by atoms with Crippen LogP contribution >= 0.6 is 0 Å². The van der Waals surface area contributed by atoms with Crippen molar-refractivity contribution in [2.24, 2.45) is 17.8 Å². The van der Waals surface area contributed by atoms with Crippen molar-refractivity contribution in [3.8, 4) is 0 Å². The Balaban J connectivity index is 1.51. The van der Waals surface area contributed by atoms with Gasteiger partial charge in [-0.2, -0.15) is 0 Å². The Morgan fingerprint density at radius 2 is 1.85 bits per heavy atom. The second-order valence-corrected chi connectivity index (χ2v) is 7.56. The van der Waals surface area contributed by atoms with Crippen LogP contribution in [0.1, 0.15) is 24.9 Å². The van der Waals surface area contributed by atoms with Crippen molar-refractivity contribution < 1.29 is 24.2 Å². The molecule has 6 nitrogen and oxygen atoms in total. The molecule has 1 unspecified atom stereocenters. The molecule has 0 radical (unpaired) electrons. The summed E-state index contributed by atoms with van der Waals surface area (Å²) in [6.07, 6.45) is 0.0643. The van der Waals surface area contributed by atoms with E-state index in [4.69, 9.17) is 4.74 Å². The number of ketones is 1. The van der Waals surface area contributed by atoms with E-state index in [0.717, 1.165) is 5.56 Å². The Morgan fingerprint density at radius 1 is 1.12 bits per heavy atom. The number of benzene rings is 1. The summed E-state index contributed by atoms with van der Waals surface area (Å²) in [6, 6.07) is 9.02. The first-order valence-corrected chi connectivity index (χ1v) is 9.00. The molecule has 2 heterocycles. The predicted octanol–water partition coefficient (Wildman–Crippen LogP) is 1.01. The van der Waals surface area contributed by atoms with Crippen molar-refractivity contribution in [1.82, 2.24) is 4.90 Å². The SMILES string of the molecule is CC(c1ccccc1)N1C(=O)[C@H]2[C@@H]3C(=CC[C@H]2C1=O)C(=O)[C@H]1O[C@H]1[C@H]3O. The normalized spacial score (nSPS) is 39.1. The van der Waals surface area contributed by atoms with E-state index in [0.29, 0.717) is 12.0 Å². The maximum atomic E-state index is 13.2. The van der Waals surface area contributed by atoms with Crippen molar-refractivity contribution in [2.45, 2.75) is 37.7 Å². The lowest BCUT2D eigenvalue weighted by molar-refractivity contribution is -0.143. The molecule has 5 rings (SSSR count). The smallest absolute Gasteiger partial charge is 0.234 e. The number of hydrogen-bond donors (Lipinski definition) is 1. The van der Waals surface area contributed by atoms with E-state index in [-0.39, 0.29) is 23.6 Å². The van der Waals surface area contributed by atoms with Gasteiger partial charge in [-0.3, -0.25) is 19.3 Å². The van der Waals surface area contributed by atoms with Crippen molar-refractivity contribution in [3.05, 3.63) is 47.5 Å². The van der Waals surface area contributed by atoms with Crippen LogP contribution in [0, 0.1) is 17.8 Å². The lowest BCUT2D eigenvalue weighted by atomic mass is 9.66. The monoisotopic (exact) mass is 353 g/mol. The van der Waals surface area contributed by atoms with E-state index in [1.54, 1.807) is 6.08 Å². The molecule has 0 bridgehead atoms. The van der Waals surface area contributed by atoms with E-state index in [9.17, 15) is 19.5 Å². The third-order valence-electron chi connectivity index (χ3n) is 6.29. The number of fused-ring (bicyclic) bond motifs is 4. The van der Waals surface area contributed by atoms with Gasteiger partial charge < -0.3 is 9.84 Å². The molecule has 2 aliphatic heterocycles. The van der Waals surface area contributed by atoms with Gasteiger partial charge in [0.2, 0.25) is 11.8 Å². The number of Topliss-reactive ketones (excluding diaryl/α,β-unsaturated/α-hetero) is 1. The van der Waals surface area contributed by atoms with E-state index >= 15 is 0 Å². The summed E-state index contributed by atoms with van der Waals surface area (Å²) in [4.78, 5) is 40.0. The summed E-state index contributed by atoms with van der Waals surface area (Å²) < 4.78 is 5.30. The van der Waals surface area contributed by atoms with Gasteiger partial charge in [-0.1, -0.05) is 36.4 Å². The van der Waals surface area contributed by atoms with Gasteiger partial charge in [-0.25, -0.2) is 0 Å². The van der Waals surface area contributed by atoms with Gasteiger partial charge in [-0.15, -0.1) is 0 Å². The number of allylic oxidation sites excluding steroid dienone is 1. The third kappa shape index (κ3) is 1.97. The summed E-state index contributed by atoms with van der Waals surface area (Å²) in [6.45, 7) is 1.83. The Labute approximate surface area is 150 Å². The van der Waals surface area contributed by atoms with Crippen molar-refractivity contribution >= 4 is 17.6 Å². The number of rotatable bonds is 2. The number of aliphatic hydroxyl groups excluding tert-OH is 1. The number of amides is 2. The number of aliphatic hydroxyl groups is 1. The molecule has 26 heavy (non-hydrogen) atoms. The number of likely N-dealkylation sites (tertiary alicyclic amines) is 1. The molecular formula is C20H19NO5. The van der Waals surface area contributed by atoms with Crippen LogP contribution in [0.15, 0.2) is 42.0 Å². The number of epoxide rings is 1. The van der Waals surface area contributed by atoms with Gasteiger partial charge in [0.15, 0.2) is 5.78 Å². The molecule has 1 aromatic rings. The largest absolute Gasteiger partial charge is 0.390 e. The van der Waals surface area contributed by atoms with Gasteiger partial charge in [0.1, 0.15) is 12.2 Å². The molecule has 1 saturated carbocycles. The van der Waals surface area contributed by atoms with E-state index in [1.165, 1.54) is 4.90 Å². The number of ether oxygens (including phenoxy) is 1. The average molecular weight is 353 g/mol. The zero-order chi connectivity index (χ0) is 18.2. The second-order valence-electron chi connectivity index (χ2n) is 7.56. The number of hydrogen-bond acceptors (Lipinski definition) is 5. The predicted molar refractivity (Wildman–Crippen MR) is 89.6 cm³/mol. The first kappa shape index (κ1) is 15.9. The molecule has 2 saturated heterocycles. The van der Waals surface area contributed by atoms with Crippen LogP contribution in [-0.2, 0) is 19.1 Å². The van der Waals surface area contributed by atoms with E-state index in [2.05, 4.69) is 0 Å². The Morgan fingerprint density at radius 3 is 2.58 bits per heavy atom. The number of carbonyl (C=O) groups is 3. The van der Waals surface area contributed by atoms with E-state index in [1.807, 2.05) is 37.3 Å². The zero-order valence-corrected chi connectivity index (χ0v) is 14.2. The third-order valence-corrected chi connectivity index (χ3v) is 6.29. The van der Waals surface area contributed by atoms with Gasteiger partial charge in [0, 0.05) is 11.5 Å². The topological polar surface area (TPSA) is 87.2 Å². The average Bonchev–Trinajstić information content (AvgIpc) is 3.42. The quantitative estimate of drug-likeness (QED) is 0.633. The molecule has 134 valence electrons. The molecule has 0 spiro atoms. The Bertz CT molecular complexity index is 847. The summed E-state index contributed by atoms with van der Waals surface area (Å²) in [5.74, 6) is -2.49. The molecule has 2 amide bonds. The highest BCUT2D eigenvalue weighted by molar-refractivity contribution is 6.09. The molecule has 6 heteroatoms. The Hall–Kier alpha value is -2.31. The van der Waals surface area contributed by atoms with Gasteiger partial charge in [-0.05, 0) is 18.9 Å². The van der Waals surface area contributed by atoms with Crippen LogP contribution in [-0.4, -0.2) is 45.9 Å². The standard InChI is InChI=1S/C20H19NO5/c1-9(10-5-3-2-4-6-10)21-19(24)12-8-7-11-13(14(12)20(21)25)16(23)18-17(26-18)15(11)22/h2-7,9,12-14,16-18,23H,8H2,1H3/t9?,12-,13+,14-,16+,17-,18+/m1/s1. The Kier molecular flexibility index (Phi) is 3.27. The maximum absolute atomic E-state index is 13.2. The van der Waals surface area contributed by atoms with Crippen LogP contribution in [0.2, 0.25) is 0 Å². The van der Waals surface area contributed by atoms with Crippen molar-refractivity contribution in [2.75, 3.05) is 0 Å². The number of imide groups is 1. The first-order chi connectivity index (χ1) is 12.5. The summed E-state index contributed by atoms with van der Waals surface area (Å²) in [5, 5.41) is 10.6. The van der Waals surface area contributed by atoms with Crippen LogP contribution < -0.4 is 0 Å². The molecule has 1 aromatic carbocycles. The minimum absolute atomic E-state index is 0.140. The highest BCUT2D eigenvalue weighted by Gasteiger charge is 2.65. The van der Waals surface area contributed by atoms with Crippen LogP contribution in [0.5, 0.6) is 0 Å². The fraction of sp³-hybridized carbons (Fsp3) is 0.450. The fourth-order valence-corrected chi connectivity index (χ4v) is 4.90. The summed E-state index contributed by atoms with van der Waals surface area (Å²) in [7, 11) is 0. The molecule has 1 N–H and O–H groups in total. The van der Waals surface area contributed by atoms with Crippen molar-refractivity contribution in [3.63, 3.8) is 0 Å². The van der Waals surface area contributed by atoms with Gasteiger partial charge in [0.05, 0.1) is 24.0 Å². The molecule has 0 aromatic heterocycles. The summed E-state index contributed by atoms with van der Waals surface area (Å²) in [5.41, 5.74) is 1.35. The van der Waals surface area contributed by atoms with Gasteiger partial charge in [0.25, 0.3) is 0 Å². The molecule has 7 atom stereocenters. The number of nitrogens with zero attached hydrogens (tertiary/aromatic N) is 1. The van der Waals surface area contributed by atoms with Crippen LogP contribution in [0.25, 0.3) is 0 Å². The number of carbonyl (C=O) groups excluding carboxylic acids is 3. The second kappa shape index (κ2) is 5.34. The lowest BCUT2D eigenvalue weighted by Crippen LogP contribution is -2.47. The molecule has 3 fully saturated rings.